The third kappa shape index (κ3) is 4.08. The van der Waals surface area contributed by atoms with Gasteiger partial charge in [0.05, 0.1) is 16.8 Å². The van der Waals surface area contributed by atoms with Crippen molar-refractivity contribution in [2.45, 2.75) is 68.3 Å². The van der Waals surface area contributed by atoms with Crippen molar-refractivity contribution in [1.29, 1.82) is 0 Å². The fraction of sp³-hybridized carbons (Fsp3) is 0.824. The van der Waals surface area contributed by atoms with Crippen LogP contribution < -0.4 is 0 Å². The van der Waals surface area contributed by atoms with Crippen molar-refractivity contribution < 1.29 is 13.2 Å². The van der Waals surface area contributed by atoms with Crippen molar-refractivity contribution in [3.05, 3.63) is 5.82 Å². The number of carbonyl (C=O) groups is 1. The lowest BCUT2D eigenvalue weighted by atomic mass is 10.00. The molecule has 1 aromatic heterocycles. The van der Waals surface area contributed by atoms with E-state index in [1.54, 1.807) is 0 Å². The zero-order chi connectivity index (χ0) is 18.9. The van der Waals surface area contributed by atoms with Crippen LogP contribution in [0.15, 0.2) is 5.16 Å². The normalized spacial score (nSPS) is 26.8. The highest BCUT2D eigenvalue weighted by Crippen LogP contribution is 2.31. The number of rotatable bonds is 5. The lowest BCUT2D eigenvalue weighted by Gasteiger charge is -2.36. The second-order valence-corrected chi connectivity index (χ2v) is 10.9. The quantitative estimate of drug-likeness (QED) is 0.703. The molecule has 1 aromatic rings. The summed E-state index contributed by atoms with van der Waals surface area (Å²) < 4.78 is 25.3. The van der Waals surface area contributed by atoms with Crippen molar-refractivity contribution >= 4 is 27.5 Å². The summed E-state index contributed by atoms with van der Waals surface area (Å²) in [6.45, 7) is 4.90. The molecule has 3 atom stereocenters. The predicted octanol–water partition coefficient (Wildman–Crippen LogP) is 1.99. The minimum absolute atomic E-state index is 0.0931. The van der Waals surface area contributed by atoms with E-state index in [0.29, 0.717) is 23.4 Å². The van der Waals surface area contributed by atoms with Crippen LogP contribution in [0.4, 0.5) is 0 Å². The topological polar surface area (TPSA) is 85.2 Å². The number of carbonyl (C=O) groups excluding carboxylic acids is 1. The number of nitrogens with zero attached hydrogens (tertiary/aromatic N) is 4. The highest BCUT2D eigenvalue weighted by molar-refractivity contribution is 8.00. The first-order valence-corrected chi connectivity index (χ1v) is 12.1. The van der Waals surface area contributed by atoms with E-state index in [0.717, 1.165) is 25.8 Å². The maximum atomic E-state index is 12.9. The van der Waals surface area contributed by atoms with Crippen LogP contribution in [0.25, 0.3) is 0 Å². The van der Waals surface area contributed by atoms with Gasteiger partial charge in [-0.1, -0.05) is 18.7 Å². The SMILES string of the molecule is CC[C@@H]1CCCCN1C(=O)[C@H](C)Sc1nnc([C@H]2CCS(=O)(=O)C2)n1C. The first-order valence-electron chi connectivity index (χ1n) is 9.39. The van der Waals surface area contributed by atoms with Gasteiger partial charge in [0.25, 0.3) is 0 Å². The van der Waals surface area contributed by atoms with Gasteiger partial charge in [-0.15, -0.1) is 10.2 Å². The Morgan fingerprint density at radius 2 is 2.08 bits per heavy atom. The molecular weight excluding hydrogens is 372 g/mol. The number of hydrogen-bond acceptors (Lipinski definition) is 6. The second-order valence-electron chi connectivity index (χ2n) is 7.35. The van der Waals surface area contributed by atoms with Crippen molar-refractivity contribution in [2.75, 3.05) is 18.1 Å². The molecule has 7 nitrogen and oxygen atoms in total. The van der Waals surface area contributed by atoms with Crippen LogP contribution in [0.5, 0.6) is 0 Å². The van der Waals surface area contributed by atoms with Crippen LogP contribution in [-0.4, -0.2) is 63.3 Å². The zero-order valence-corrected chi connectivity index (χ0v) is 17.4. The number of thioether (sulfide) groups is 1. The van der Waals surface area contributed by atoms with Crippen molar-refractivity contribution in [2.24, 2.45) is 7.05 Å². The third-order valence-corrected chi connectivity index (χ3v) is 8.37. The van der Waals surface area contributed by atoms with Crippen LogP contribution >= 0.6 is 11.8 Å². The van der Waals surface area contributed by atoms with Crippen molar-refractivity contribution in [1.82, 2.24) is 19.7 Å². The number of sulfone groups is 1. The summed E-state index contributed by atoms with van der Waals surface area (Å²) in [5.74, 6) is 1.14. The Morgan fingerprint density at radius 1 is 1.31 bits per heavy atom. The van der Waals surface area contributed by atoms with Gasteiger partial charge in [0, 0.05) is 25.6 Å². The summed E-state index contributed by atoms with van der Waals surface area (Å²) in [5, 5.41) is 8.89. The van der Waals surface area contributed by atoms with E-state index in [-0.39, 0.29) is 28.6 Å². The molecule has 146 valence electrons. The molecule has 0 unspecified atom stereocenters. The Bertz CT molecular complexity index is 762. The molecule has 0 aromatic carbocycles. The Kier molecular flexibility index (Phi) is 5.96. The van der Waals surface area contributed by atoms with Gasteiger partial charge in [0.2, 0.25) is 5.91 Å². The molecule has 3 rings (SSSR count). The molecule has 0 radical (unpaired) electrons. The largest absolute Gasteiger partial charge is 0.339 e. The molecule has 3 heterocycles. The molecule has 2 fully saturated rings. The van der Waals surface area contributed by atoms with Crippen LogP contribution in [-0.2, 0) is 21.7 Å². The molecule has 0 bridgehead atoms. The average Bonchev–Trinajstić information content (AvgIpc) is 3.16. The van der Waals surface area contributed by atoms with Gasteiger partial charge in [-0.05, 0) is 39.0 Å². The first kappa shape index (κ1) is 19.7. The summed E-state index contributed by atoms with van der Waals surface area (Å²) in [4.78, 5) is 14.9. The van der Waals surface area contributed by atoms with Crippen LogP contribution in [0.2, 0.25) is 0 Å². The Labute approximate surface area is 159 Å². The van der Waals surface area contributed by atoms with Crippen LogP contribution in [0.3, 0.4) is 0 Å². The van der Waals surface area contributed by atoms with E-state index >= 15 is 0 Å². The van der Waals surface area contributed by atoms with E-state index in [1.807, 2.05) is 23.4 Å². The zero-order valence-electron chi connectivity index (χ0n) is 15.7. The van der Waals surface area contributed by atoms with Gasteiger partial charge in [-0.3, -0.25) is 4.79 Å². The summed E-state index contributed by atoms with van der Waals surface area (Å²) in [7, 11) is -1.10. The summed E-state index contributed by atoms with van der Waals surface area (Å²) in [6, 6.07) is 0.345. The molecular formula is C17H28N4O3S2. The van der Waals surface area contributed by atoms with E-state index < -0.39 is 9.84 Å². The molecule has 2 aliphatic rings. The highest BCUT2D eigenvalue weighted by atomic mass is 32.2. The molecule has 0 aliphatic carbocycles. The lowest BCUT2D eigenvalue weighted by Crippen LogP contribution is -2.46. The van der Waals surface area contributed by atoms with Crippen LogP contribution in [0, 0.1) is 0 Å². The Balaban J connectivity index is 1.68. The molecule has 2 saturated heterocycles. The smallest absolute Gasteiger partial charge is 0.236 e. The number of aromatic nitrogens is 3. The summed E-state index contributed by atoms with van der Waals surface area (Å²) in [6.07, 6.45) is 4.95. The average molecular weight is 401 g/mol. The summed E-state index contributed by atoms with van der Waals surface area (Å²) in [5.41, 5.74) is 0. The van der Waals surface area contributed by atoms with E-state index in [4.69, 9.17) is 0 Å². The molecule has 2 aliphatic heterocycles. The number of amides is 1. The van der Waals surface area contributed by atoms with Gasteiger partial charge in [0.1, 0.15) is 5.82 Å². The molecule has 0 saturated carbocycles. The van der Waals surface area contributed by atoms with Gasteiger partial charge < -0.3 is 9.47 Å². The minimum Gasteiger partial charge on any atom is -0.339 e. The maximum Gasteiger partial charge on any atom is 0.236 e. The predicted molar refractivity (Wildman–Crippen MR) is 102 cm³/mol. The molecule has 0 spiro atoms. The highest BCUT2D eigenvalue weighted by Gasteiger charge is 2.34. The Morgan fingerprint density at radius 3 is 2.73 bits per heavy atom. The fourth-order valence-corrected chi connectivity index (χ4v) is 6.57. The van der Waals surface area contributed by atoms with E-state index in [1.165, 1.54) is 18.2 Å². The Hall–Kier alpha value is -1.09. The van der Waals surface area contributed by atoms with Gasteiger partial charge >= 0.3 is 0 Å². The molecule has 26 heavy (non-hydrogen) atoms. The lowest BCUT2D eigenvalue weighted by molar-refractivity contribution is -0.134. The second kappa shape index (κ2) is 7.88. The fourth-order valence-electron chi connectivity index (χ4n) is 3.94. The summed E-state index contributed by atoms with van der Waals surface area (Å²) >= 11 is 1.41. The standard InChI is InChI=1S/C17H28N4O3S2/c1-4-14-7-5-6-9-21(14)16(22)12(2)25-17-19-18-15(20(17)3)13-8-10-26(23,24)11-13/h12-14H,4-11H2,1-3H3/t12-,13-,14+/m0/s1. The number of hydrogen-bond donors (Lipinski definition) is 0. The van der Waals surface area contributed by atoms with E-state index in [9.17, 15) is 13.2 Å². The molecule has 9 heteroatoms. The number of piperidine rings is 1. The number of likely N-dealkylation sites (tertiary alicyclic amines) is 1. The van der Waals surface area contributed by atoms with Gasteiger partial charge in [-0.2, -0.15) is 0 Å². The first-order chi connectivity index (χ1) is 12.3. The molecule has 1 amide bonds. The third-order valence-electron chi connectivity index (χ3n) is 5.48. The van der Waals surface area contributed by atoms with Crippen molar-refractivity contribution in [3.8, 4) is 0 Å². The van der Waals surface area contributed by atoms with Crippen LogP contribution in [0.1, 0.15) is 57.7 Å². The molecule has 0 N–H and O–H groups in total. The van der Waals surface area contributed by atoms with Crippen molar-refractivity contribution in [3.63, 3.8) is 0 Å². The maximum absolute atomic E-state index is 12.9. The van der Waals surface area contributed by atoms with Gasteiger partial charge in [-0.25, -0.2) is 8.42 Å². The monoisotopic (exact) mass is 400 g/mol. The minimum atomic E-state index is -2.96. The van der Waals surface area contributed by atoms with E-state index in [2.05, 4.69) is 17.1 Å². The van der Waals surface area contributed by atoms with Gasteiger partial charge in [0.15, 0.2) is 15.0 Å².